The number of aromatic hydroxyl groups is 2. The number of carbonyl (C=O) groups is 1. The van der Waals surface area contributed by atoms with Gasteiger partial charge in [-0.25, -0.2) is 0 Å². The standard InChI is InChI=1S/C27H38O5/c1-15-6-7-20-25(4)10-9-21(30)24(2,3)19(25)8-11-26(20,5)27(15)13-17-22(31)18(29)12-16(14-28)23(17)32-27/h12,14-15,19-21,29-31H,6-11,13H2,1-5H3/t15-,19-,20+,21-,25-,26+,27-/m0/s1. The number of fused-ring (bicyclic) bond motifs is 5. The van der Waals surface area contributed by atoms with Crippen molar-refractivity contribution in [3.63, 3.8) is 0 Å². The Morgan fingerprint density at radius 1 is 1.03 bits per heavy atom. The minimum absolute atomic E-state index is 0.110. The Morgan fingerprint density at radius 2 is 1.75 bits per heavy atom. The maximum Gasteiger partial charge on any atom is 0.164 e. The van der Waals surface area contributed by atoms with Crippen LogP contribution in [0.25, 0.3) is 0 Å². The second kappa shape index (κ2) is 6.65. The van der Waals surface area contributed by atoms with Gasteiger partial charge in [-0.15, -0.1) is 0 Å². The van der Waals surface area contributed by atoms with Crippen LogP contribution in [0.4, 0.5) is 0 Å². The topological polar surface area (TPSA) is 87.0 Å². The molecule has 5 rings (SSSR count). The van der Waals surface area contributed by atoms with Crippen LogP contribution in [0.2, 0.25) is 0 Å². The average Bonchev–Trinajstić information content (AvgIpc) is 3.15. The number of phenols is 2. The normalized spacial score (nSPS) is 44.3. The third-order valence-corrected chi connectivity index (χ3v) is 10.9. The third kappa shape index (κ3) is 2.47. The fraction of sp³-hybridized carbons (Fsp3) is 0.741. The van der Waals surface area contributed by atoms with Crippen LogP contribution in [-0.4, -0.2) is 33.3 Å². The van der Waals surface area contributed by atoms with Crippen molar-refractivity contribution < 1.29 is 24.9 Å². The summed E-state index contributed by atoms with van der Waals surface area (Å²) in [5.74, 6) is 1.20. The van der Waals surface area contributed by atoms with Crippen LogP contribution in [0.15, 0.2) is 6.07 Å². The number of ether oxygens (including phenoxy) is 1. The zero-order valence-corrected chi connectivity index (χ0v) is 20.1. The number of hydrogen-bond donors (Lipinski definition) is 3. The Kier molecular flexibility index (Phi) is 4.58. The van der Waals surface area contributed by atoms with E-state index in [9.17, 15) is 20.1 Å². The summed E-state index contributed by atoms with van der Waals surface area (Å²) in [7, 11) is 0. The molecule has 176 valence electrons. The summed E-state index contributed by atoms with van der Waals surface area (Å²) in [5.41, 5.74) is 0.238. The van der Waals surface area contributed by atoms with Gasteiger partial charge in [0.2, 0.25) is 0 Å². The first-order chi connectivity index (χ1) is 14.9. The predicted octanol–water partition coefficient (Wildman–Crippen LogP) is 5.23. The SMILES string of the molecule is C[C@H]1CC[C@@H]2[C@@]3(C)CC[C@H](O)C(C)(C)[C@@H]3CC[C@@]2(C)[C@]12Cc1c(O)c(O)cc(C=O)c1O2. The minimum Gasteiger partial charge on any atom is -0.504 e. The molecule has 0 aromatic heterocycles. The summed E-state index contributed by atoms with van der Waals surface area (Å²) >= 11 is 0. The van der Waals surface area contributed by atoms with E-state index in [0.717, 1.165) is 38.5 Å². The van der Waals surface area contributed by atoms with Gasteiger partial charge < -0.3 is 20.1 Å². The molecule has 0 amide bonds. The molecule has 0 radical (unpaired) electrons. The van der Waals surface area contributed by atoms with Gasteiger partial charge in [-0.05, 0) is 73.2 Å². The predicted molar refractivity (Wildman–Crippen MR) is 122 cm³/mol. The first-order valence-electron chi connectivity index (χ1n) is 12.3. The van der Waals surface area contributed by atoms with Crippen LogP contribution < -0.4 is 4.74 Å². The first kappa shape index (κ1) is 22.1. The van der Waals surface area contributed by atoms with Crippen molar-refractivity contribution in [2.45, 2.75) is 91.3 Å². The molecule has 0 saturated heterocycles. The maximum atomic E-state index is 11.8. The van der Waals surface area contributed by atoms with Gasteiger partial charge in [-0.1, -0.05) is 34.6 Å². The van der Waals surface area contributed by atoms with E-state index in [2.05, 4.69) is 34.6 Å². The molecule has 3 aliphatic carbocycles. The number of hydrogen-bond acceptors (Lipinski definition) is 5. The molecule has 5 heteroatoms. The van der Waals surface area contributed by atoms with E-state index in [-0.39, 0.29) is 39.8 Å². The summed E-state index contributed by atoms with van der Waals surface area (Å²) < 4.78 is 6.82. The fourth-order valence-corrected chi connectivity index (χ4v) is 9.07. The molecule has 5 nitrogen and oxygen atoms in total. The van der Waals surface area contributed by atoms with E-state index >= 15 is 0 Å². The van der Waals surface area contributed by atoms with Crippen LogP contribution in [0.5, 0.6) is 17.2 Å². The van der Waals surface area contributed by atoms with Crippen LogP contribution in [0.1, 0.15) is 89.1 Å². The van der Waals surface area contributed by atoms with Gasteiger partial charge in [-0.2, -0.15) is 0 Å². The highest BCUT2D eigenvalue weighted by atomic mass is 16.5. The highest BCUT2D eigenvalue weighted by Gasteiger charge is 2.70. The van der Waals surface area contributed by atoms with E-state index in [4.69, 9.17) is 4.74 Å². The number of aliphatic hydroxyl groups excluding tert-OH is 1. The van der Waals surface area contributed by atoms with Gasteiger partial charge in [0.15, 0.2) is 17.8 Å². The molecule has 7 atom stereocenters. The first-order valence-corrected chi connectivity index (χ1v) is 12.3. The van der Waals surface area contributed by atoms with Crippen molar-refractivity contribution in [3.8, 4) is 17.2 Å². The molecule has 1 heterocycles. The van der Waals surface area contributed by atoms with Crippen LogP contribution in [0.3, 0.4) is 0 Å². The van der Waals surface area contributed by atoms with E-state index in [1.807, 2.05) is 0 Å². The average molecular weight is 443 g/mol. The summed E-state index contributed by atoms with van der Waals surface area (Å²) in [6, 6.07) is 1.32. The van der Waals surface area contributed by atoms with Gasteiger partial charge in [0.1, 0.15) is 11.4 Å². The Labute approximate surface area is 191 Å². The smallest absolute Gasteiger partial charge is 0.164 e. The van der Waals surface area contributed by atoms with Crippen LogP contribution in [0, 0.1) is 34.0 Å². The Bertz CT molecular complexity index is 969. The fourth-order valence-electron chi connectivity index (χ4n) is 9.07. The van der Waals surface area contributed by atoms with Crippen LogP contribution >= 0.6 is 0 Å². The lowest BCUT2D eigenvalue weighted by Gasteiger charge is -2.69. The molecule has 1 aliphatic heterocycles. The second-order valence-corrected chi connectivity index (χ2v) is 12.3. The molecule has 1 spiro atoms. The number of rotatable bonds is 1. The zero-order valence-electron chi connectivity index (χ0n) is 20.1. The summed E-state index contributed by atoms with van der Waals surface area (Å²) in [6.45, 7) is 11.5. The molecule has 4 aliphatic rings. The largest absolute Gasteiger partial charge is 0.504 e. The van der Waals surface area contributed by atoms with Gasteiger partial charge in [0, 0.05) is 17.4 Å². The molecule has 1 aromatic carbocycles. The quantitative estimate of drug-likeness (QED) is 0.409. The Morgan fingerprint density at radius 3 is 2.44 bits per heavy atom. The van der Waals surface area contributed by atoms with Crippen molar-refractivity contribution in [1.29, 1.82) is 0 Å². The van der Waals surface area contributed by atoms with Crippen molar-refractivity contribution >= 4 is 6.29 Å². The Hall–Kier alpha value is -1.75. The molecule has 0 unspecified atom stereocenters. The Balaban J connectivity index is 1.62. The summed E-state index contributed by atoms with van der Waals surface area (Å²) in [5, 5.41) is 31.7. The summed E-state index contributed by atoms with van der Waals surface area (Å²) in [4.78, 5) is 11.8. The highest BCUT2D eigenvalue weighted by molar-refractivity contribution is 5.83. The van der Waals surface area contributed by atoms with Crippen molar-refractivity contribution in [1.82, 2.24) is 0 Å². The van der Waals surface area contributed by atoms with Gasteiger partial charge in [0.25, 0.3) is 0 Å². The minimum atomic E-state index is -0.518. The second-order valence-electron chi connectivity index (χ2n) is 12.3. The number of benzene rings is 1. The van der Waals surface area contributed by atoms with Crippen molar-refractivity contribution in [3.05, 3.63) is 17.2 Å². The van der Waals surface area contributed by atoms with E-state index in [1.54, 1.807) is 0 Å². The number of aliphatic hydroxyl groups is 1. The lowest BCUT2D eigenvalue weighted by Crippen LogP contribution is -2.68. The van der Waals surface area contributed by atoms with Gasteiger partial charge >= 0.3 is 0 Å². The molecule has 3 N–H and O–H groups in total. The van der Waals surface area contributed by atoms with E-state index in [0.29, 0.717) is 41.4 Å². The number of carbonyl (C=O) groups excluding carboxylic acids is 1. The van der Waals surface area contributed by atoms with Gasteiger partial charge in [-0.3, -0.25) is 4.79 Å². The molecule has 32 heavy (non-hydrogen) atoms. The summed E-state index contributed by atoms with van der Waals surface area (Å²) in [6.07, 6.45) is 7.03. The molecule has 0 bridgehead atoms. The maximum absolute atomic E-state index is 11.8. The lowest BCUT2D eigenvalue weighted by atomic mass is 9.37. The highest BCUT2D eigenvalue weighted by Crippen LogP contribution is 2.72. The molecule has 3 fully saturated rings. The van der Waals surface area contributed by atoms with Crippen molar-refractivity contribution in [2.24, 2.45) is 34.0 Å². The monoisotopic (exact) mass is 442 g/mol. The van der Waals surface area contributed by atoms with E-state index < -0.39 is 5.60 Å². The molecule has 1 aromatic rings. The zero-order chi connectivity index (χ0) is 23.3. The number of phenolic OH excluding ortho intramolecular Hbond substituents is 2. The number of aldehydes is 1. The van der Waals surface area contributed by atoms with E-state index in [1.165, 1.54) is 6.07 Å². The van der Waals surface area contributed by atoms with Gasteiger partial charge in [0.05, 0.1) is 11.7 Å². The third-order valence-electron chi connectivity index (χ3n) is 10.9. The molecular formula is C27H38O5. The molecular weight excluding hydrogens is 404 g/mol. The van der Waals surface area contributed by atoms with Crippen molar-refractivity contribution in [2.75, 3.05) is 0 Å². The molecule has 3 saturated carbocycles. The van der Waals surface area contributed by atoms with Crippen LogP contribution in [-0.2, 0) is 6.42 Å². The lowest BCUT2D eigenvalue weighted by molar-refractivity contribution is -0.238.